The average molecular weight is 470 g/mol. The zero-order valence-electron chi connectivity index (χ0n) is 17.9. The van der Waals surface area contributed by atoms with Crippen LogP contribution in [0.4, 0.5) is 0 Å². The molecule has 0 bridgehead atoms. The number of benzene rings is 1. The molecule has 0 unspecified atom stereocenters. The minimum atomic E-state index is -2.74. The van der Waals surface area contributed by atoms with Gasteiger partial charge in [-0.1, -0.05) is 23.7 Å². The maximum atomic E-state index is 10.3. The lowest BCUT2D eigenvalue weighted by Gasteiger charge is -2.27. The predicted molar refractivity (Wildman–Crippen MR) is 116 cm³/mol. The van der Waals surface area contributed by atoms with E-state index in [4.69, 9.17) is 32.0 Å². The Morgan fingerprint density at radius 2 is 1.62 bits per heavy atom. The number of aryl methyl sites for hydroxylation is 1. The second kappa shape index (κ2) is 12.2. The van der Waals surface area contributed by atoms with E-state index in [9.17, 15) is 14.4 Å². The fourth-order valence-electron chi connectivity index (χ4n) is 2.76. The Hall–Kier alpha value is -2.95. The normalized spacial score (nSPS) is 11.4. The standard InChI is InChI=1S/C15H20ClN3.C6H8O7/c1-15(2,13-4-6-14(16)7-5-13)18-8-3-10-19-11-9-17-12-19;7-3(8)1-6(13,5(11)12)2-4(9)10/h4-7,9,11-12,18H,3,8,10H2,1-2H3;13H,1-2H2,(H,7,8)(H,9,10)(H,11,12). The minimum Gasteiger partial charge on any atom is -0.481 e. The van der Waals surface area contributed by atoms with Crippen LogP contribution in [0.3, 0.4) is 0 Å². The van der Waals surface area contributed by atoms with E-state index in [1.807, 2.05) is 30.9 Å². The first-order chi connectivity index (χ1) is 14.9. The Morgan fingerprint density at radius 3 is 2.06 bits per heavy atom. The molecule has 10 nitrogen and oxygen atoms in total. The minimum absolute atomic E-state index is 0.0421. The molecule has 0 aliphatic rings. The summed E-state index contributed by atoms with van der Waals surface area (Å²) in [5.74, 6) is -5.02. The van der Waals surface area contributed by atoms with Gasteiger partial charge >= 0.3 is 17.9 Å². The first kappa shape index (κ1) is 27.1. The van der Waals surface area contributed by atoms with Crippen LogP contribution in [0.5, 0.6) is 0 Å². The molecule has 2 rings (SSSR count). The summed E-state index contributed by atoms with van der Waals surface area (Å²) in [7, 11) is 0. The number of aliphatic hydroxyl groups is 1. The molecule has 0 radical (unpaired) electrons. The van der Waals surface area contributed by atoms with E-state index in [1.54, 1.807) is 0 Å². The summed E-state index contributed by atoms with van der Waals surface area (Å²) in [6.45, 7) is 6.33. The SMILES string of the molecule is CC(C)(NCCCn1ccnc1)c1ccc(Cl)cc1.O=C(O)CC(O)(CC(=O)O)C(=O)O. The number of nitrogens with zero attached hydrogens (tertiary/aromatic N) is 2. The Bertz CT molecular complexity index is 867. The monoisotopic (exact) mass is 469 g/mol. The van der Waals surface area contributed by atoms with Crippen molar-refractivity contribution in [2.45, 2.75) is 50.8 Å². The second-order valence-corrected chi connectivity index (χ2v) is 8.13. The largest absolute Gasteiger partial charge is 0.481 e. The van der Waals surface area contributed by atoms with Crippen LogP contribution in [0.2, 0.25) is 5.02 Å². The zero-order chi connectivity index (χ0) is 24.4. The fraction of sp³-hybridized carbons (Fsp3) is 0.429. The predicted octanol–water partition coefficient (Wildman–Crippen LogP) is 2.20. The number of nitrogens with one attached hydrogen (secondary N) is 1. The van der Waals surface area contributed by atoms with Crippen molar-refractivity contribution in [1.29, 1.82) is 0 Å². The topological polar surface area (TPSA) is 162 Å². The molecule has 0 atom stereocenters. The second-order valence-electron chi connectivity index (χ2n) is 7.69. The Labute approximate surface area is 190 Å². The third-order valence-electron chi connectivity index (χ3n) is 4.57. The number of aromatic nitrogens is 2. The molecular weight excluding hydrogens is 442 g/mol. The smallest absolute Gasteiger partial charge is 0.336 e. The number of rotatable bonds is 11. The summed E-state index contributed by atoms with van der Waals surface area (Å²) in [6.07, 6.45) is 4.44. The van der Waals surface area contributed by atoms with E-state index < -0.39 is 36.4 Å². The molecule has 1 heterocycles. The molecule has 0 amide bonds. The van der Waals surface area contributed by atoms with Crippen molar-refractivity contribution in [1.82, 2.24) is 14.9 Å². The lowest BCUT2D eigenvalue weighted by Crippen LogP contribution is -2.42. The van der Waals surface area contributed by atoms with Crippen LogP contribution in [0.1, 0.15) is 38.7 Å². The number of imidazole rings is 1. The molecule has 0 aliphatic carbocycles. The summed E-state index contributed by atoms with van der Waals surface area (Å²) < 4.78 is 2.09. The van der Waals surface area contributed by atoms with Gasteiger partial charge in [-0.3, -0.25) is 9.59 Å². The summed E-state index contributed by atoms with van der Waals surface area (Å²) >= 11 is 5.92. The van der Waals surface area contributed by atoms with E-state index in [0.29, 0.717) is 0 Å². The molecule has 176 valence electrons. The van der Waals surface area contributed by atoms with Crippen LogP contribution in [-0.4, -0.2) is 60.0 Å². The molecule has 0 spiro atoms. The highest BCUT2D eigenvalue weighted by molar-refractivity contribution is 6.30. The van der Waals surface area contributed by atoms with Crippen LogP contribution in [0.15, 0.2) is 43.0 Å². The van der Waals surface area contributed by atoms with E-state index >= 15 is 0 Å². The average Bonchev–Trinajstić information content (AvgIpc) is 3.18. The zero-order valence-corrected chi connectivity index (χ0v) is 18.6. The molecule has 11 heteroatoms. The van der Waals surface area contributed by atoms with Crippen molar-refractivity contribution in [2.24, 2.45) is 0 Å². The van der Waals surface area contributed by atoms with Gasteiger partial charge in [-0.25, -0.2) is 9.78 Å². The summed E-state index contributed by atoms with van der Waals surface area (Å²) in [4.78, 5) is 34.5. The Kier molecular flexibility index (Phi) is 10.3. The maximum absolute atomic E-state index is 10.3. The molecular formula is C21H28ClN3O7. The molecule has 0 aliphatic heterocycles. The summed E-state index contributed by atoms with van der Waals surface area (Å²) in [5.41, 5.74) is -1.53. The molecule has 5 N–H and O–H groups in total. The van der Waals surface area contributed by atoms with Crippen LogP contribution in [-0.2, 0) is 26.5 Å². The van der Waals surface area contributed by atoms with Gasteiger partial charge in [0.25, 0.3) is 0 Å². The van der Waals surface area contributed by atoms with E-state index in [-0.39, 0.29) is 5.54 Å². The number of carbonyl (C=O) groups is 3. The van der Waals surface area contributed by atoms with Crippen LogP contribution in [0.25, 0.3) is 0 Å². The Balaban J connectivity index is 0.000000347. The molecule has 2 aromatic rings. The van der Waals surface area contributed by atoms with Gasteiger partial charge in [0.15, 0.2) is 5.60 Å². The van der Waals surface area contributed by atoms with Crippen molar-refractivity contribution in [3.8, 4) is 0 Å². The third kappa shape index (κ3) is 9.46. The first-order valence-electron chi connectivity index (χ1n) is 9.72. The highest BCUT2D eigenvalue weighted by Crippen LogP contribution is 2.21. The van der Waals surface area contributed by atoms with Gasteiger partial charge in [0.2, 0.25) is 0 Å². The maximum Gasteiger partial charge on any atom is 0.336 e. The highest BCUT2D eigenvalue weighted by Gasteiger charge is 2.40. The molecule has 0 saturated heterocycles. The van der Waals surface area contributed by atoms with E-state index in [2.05, 4.69) is 40.8 Å². The van der Waals surface area contributed by atoms with E-state index in [0.717, 1.165) is 24.5 Å². The lowest BCUT2D eigenvalue weighted by atomic mass is 9.94. The van der Waals surface area contributed by atoms with Crippen LogP contribution in [0, 0.1) is 0 Å². The van der Waals surface area contributed by atoms with Crippen LogP contribution < -0.4 is 5.32 Å². The van der Waals surface area contributed by atoms with E-state index in [1.165, 1.54) is 5.56 Å². The molecule has 0 fully saturated rings. The summed E-state index contributed by atoms with van der Waals surface area (Å²) in [6, 6.07) is 8.02. The van der Waals surface area contributed by atoms with Crippen molar-refractivity contribution in [3.63, 3.8) is 0 Å². The first-order valence-corrected chi connectivity index (χ1v) is 10.1. The van der Waals surface area contributed by atoms with Crippen molar-refractivity contribution in [2.75, 3.05) is 6.54 Å². The number of carboxylic acids is 3. The van der Waals surface area contributed by atoms with Gasteiger partial charge in [0.1, 0.15) is 0 Å². The van der Waals surface area contributed by atoms with Gasteiger partial charge in [-0.15, -0.1) is 0 Å². The number of halogens is 1. The van der Waals surface area contributed by atoms with Crippen molar-refractivity contribution in [3.05, 3.63) is 53.6 Å². The summed E-state index contributed by atoms with van der Waals surface area (Å²) in [5, 5.41) is 38.2. The third-order valence-corrected chi connectivity index (χ3v) is 4.82. The fourth-order valence-corrected chi connectivity index (χ4v) is 2.89. The van der Waals surface area contributed by atoms with Gasteiger partial charge in [0.05, 0.1) is 19.2 Å². The van der Waals surface area contributed by atoms with Gasteiger partial charge in [0, 0.05) is 29.5 Å². The molecule has 1 aromatic heterocycles. The number of hydrogen-bond donors (Lipinski definition) is 5. The van der Waals surface area contributed by atoms with Gasteiger partial charge < -0.3 is 30.3 Å². The van der Waals surface area contributed by atoms with Crippen molar-refractivity contribution >= 4 is 29.5 Å². The Morgan fingerprint density at radius 1 is 1.06 bits per heavy atom. The molecule has 32 heavy (non-hydrogen) atoms. The number of carboxylic acid groups (broad SMARTS) is 3. The number of hydrogen-bond acceptors (Lipinski definition) is 6. The van der Waals surface area contributed by atoms with Crippen LogP contribution >= 0.6 is 11.6 Å². The highest BCUT2D eigenvalue weighted by atomic mass is 35.5. The van der Waals surface area contributed by atoms with Gasteiger partial charge in [-0.2, -0.15) is 0 Å². The van der Waals surface area contributed by atoms with Gasteiger partial charge in [-0.05, 0) is 44.5 Å². The number of aliphatic carboxylic acids is 3. The molecule has 1 aromatic carbocycles. The quantitative estimate of drug-likeness (QED) is 0.310. The lowest BCUT2D eigenvalue weighted by molar-refractivity contribution is -0.170. The van der Waals surface area contributed by atoms with Crippen molar-refractivity contribution < 1.29 is 34.8 Å². The molecule has 0 saturated carbocycles.